The average Bonchev–Trinajstić information content (AvgIpc) is 2.63. The van der Waals surface area contributed by atoms with Crippen LogP contribution in [0.25, 0.3) is 10.9 Å². The second-order valence-corrected chi connectivity index (χ2v) is 5.87. The Kier molecular flexibility index (Phi) is 5.05. The van der Waals surface area contributed by atoms with E-state index in [9.17, 15) is 0 Å². The molecule has 2 aromatic carbocycles. The molecule has 6 heteroatoms. The molecular formula is C19H18ClN3O2. The zero-order valence-electron chi connectivity index (χ0n) is 14.2. The number of fused-ring (bicyclic) bond motifs is 1. The van der Waals surface area contributed by atoms with Crippen molar-refractivity contribution in [3.05, 3.63) is 64.6 Å². The van der Waals surface area contributed by atoms with Gasteiger partial charge in [0, 0.05) is 23.7 Å². The number of methoxy groups -OCH3 is 2. The maximum Gasteiger partial charge on any atom is 0.161 e. The number of pyridine rings is 1. The molecule has 0 fully saturated rings. The highest BCUT2D eigenvalue weighted by Gasteiger charge is 2.03. The molecule has 25 heavy (non-hydrogen) atoms. The number of nitrogens with zero attached hydrogens (tertiary/aromatic N) is 3. The fraction of sp³-hybridized carbons (Fsp3) is 0.158. The summed E-state index contributed by atoms with van der Waals surface area (Å²) in [6.45, 7) is 0. The summed E-state index contributed by atoms with van der Waals surface area (Å²) in [7, 11) is 5.17. The molecule has 0 aliphatic heterocycles. The van der Waals surface area contributed by atoms with Crippen LogP contribution in [-0.4, -0.2) is 25.0 Å². The number of ether oxygens (including phenoxy) is 2. The summed E-state index contributed by atoms with van der Waals surface area (Å²) >= 11 is 6.08. The third kappa shape index (κ3) is 3.67. The topological polar surface area (TPSA) is 48.1 Å². The first-order chi connectivity index (χ1) is 12.1. The summed E-state index contributed by atoms with van der Waals surface area (Å²) < 4.78 is 12.5. The van der Waals surface area contributed by atoms with Crippen molar-refractivity contribution in [3.8, 4) is 11.5 Å². The van der Waals surface area contributed by atoms with Crippen molar-refractivity contribution in [2.45, 2.75) is 0 Å². The number of hydrogen-bond acceptors (Lipinski definition) is 4. The molecule has 5 nitrogen and oxygen atoms in total. The third-order valence-corrected chi connectivity index (χ3v) is 4.09. The van der Waals surface area contributed by atoms with Crippen LogP contribution in [-0.2, 0) is 7.05 Å². The lowest BCUT2D eigenvalue weighted by Crippen LogP contribution is -2.06. The van der Waals surface area contributed by atoms with Gasteiger partial charge in [0.05, 0.1) is 31.3 Å². The smallest absolute Gasteiger partial charge is 0.161 e. The molecule has 0 saturated carbocycles. The largest absolute Gasteiger partial charge is 0.493 e. The summed E-state index contributed by atoms with van der Waals surface area (Å²) in [5, 5.41) is 11.0. The number of hydrogen-bond donors (Lipinski definition) is 0. The van der Waals surface area contributed by atoms with Gasteiger partial charge in [0.1, 0.15) is 0 Å². The lowest BCUT2D eigenvalue weighted by Gasteiger charge is -2.07. The van der Waals surface area contributed by atoms with Crippen LogP contribution in [0.4, 0.5) is 0 Å². The SMILES string of the molecule is COc1ccc(/C=N/N=c2\ccn(C)c3cc(Cl)ccc23)cc1OC. The Labute approximate surface area is 150 Å². The van der Waals surface area contributed by atoms with Gasteiger partial charge in [-0.2, -0.15) is 10.2 Å². The fourth-order valence-corrected chi connectivity index (χ4v) is 2.71. The highest BCUT2D eigenvalue weighted by molar-refractivity contribution is 6.31. The van der Waals surface area contributed by atoms with Crippen molar-refractivity contribution in [3.63, 3.8) is 0 Å². The molecule has 0 saturated heterocycles. The van der Waals surface area contributed by atoms with E-state index in [1.807, 2.05) is 60.3 Å². The summed E-state index contributed by atoms with van der Waals surface area (Å²) in [5.41, 5.74) is 1.87. The van der Waals surface area contributed by atoms with Gasteiger partial charge in [-0.1, -0.05) is 11.6 Å². The molecule has 0 bridgehead atoms. The van der Waals surface area contributed by atoms with E-state index in [0.29, 0.717) is 16.5 Å². The predicted octanol–water partition coefficient (Wildman–Crippen LogP) is 3.78. The zero-order valence-corrected chi connectivity index (χ0v) is 15.0. The summed E-state index contributed by atoms with van der Waals surface area (Å²) in [6, 6.07) is 13.2. The molecule has 0 aliphatic rings. The molecule has 3 rings (SSSR count). The van der Waals surface area contributed by atoms with Crippen LogP contribution in [0.15, 0.2) is 58.9 Å². The minimum atomic E-state index is 0.651. The second-order valence-electron chi connectivity index (χ2n) is 5.43. The molecule has 128 valence electrons. The predicted molar refractivity (Wildman–Crippen MR) is 101 cm³/mol. The minimum Gasteiger partial charge on any atom is -0.493 e. The number of halogens is 1. The van der Waals surface area contributed by atoms with Gasteiger partial charge in [0.15, 0.2) is 11.5 Å². The number of aromatic nitrogens is 1. The molecule has 3 aromatic rings. The Morgan fingerprint density at radius 2 is 1.80 bits per heavy atom. The molecule has 0 aliphatic carbocycles. The minimum absolute atomic E-state index is 0.651. The molecule has 0 unspecified atom stereocenters. The first-order valence-electron chi connectivity index (χ1n) is 7.66. The van der Waals surface area contributed by atoms with E-state index < -0.39 is 0 Å². The third-order valence-electron chi connectivity index (χ3n) is 3.85. The quantitative estimate of drug-likeness (QED) is 0.528. The van der Waals surface area contributed by atoms with E-state index in [4.69, 9.17) is 21.1 Å². The van der Waals surface area contributed by atoms with Crippen LogP contribution in [0.3, 0.4) is 0 Å². The highest BCUT2D eigenvalue weighted by Crippen LogP contribution is 2.26. The van der Waals surface area contributed by atoms with Crippen LogP contribution in [0.5, 0.6) is 11.5 Å². The Hall–Kier alpha value is -2.79. The van der Waals surface area contributed by atoms with E-state index in [0.717, 1.165) is 21.8 Å². The summed E-state index contributed by atoms with van der Waals surface area (Å²) in [6.07, 6.45) is 3.61. The first kappa shape index (κ1) is 17.0. The standard InChI is InChI=1S/C19H18ClN3O2/c1-23-9-8-16(15-6-5-14(20)11-17(15)23)22-21-12-13-4-7-18(24-2)19(10-13)25-3/h4-12H,1-3H3/b21-12+,22-16+. The molecule has 1 heterocycles. The molecule has 1 aromatic heterocycles. The summed E-state index contributed by atoms with van der Waals surface area (Å²) in [5.74, 6) is 1.33. The second kappa shape index (κ2) is 7.40. The van der Waals surface area contributed by atoms with E-state index in [2.05, 4.69) is 10.2 Å². The van der Waals surface area contributed by atoms with E-state index >= 15 is 0 Å². The average molecular weight is 356 g/mol. The first-order valence-corrected chi connectivity index (χ1v) is 8.04. The van der Waals surface area contributed by atoms with Gasteiger partial charge in [0.25, 0.3) is 0 Å². The molecule has 0 atom stereocenters. The van der Waals surface area contributed by atoms with Crippen molar-refractivity contribution in [2.24, 2.45) is 17.3 Å². The normalized spacial score (nSPS) is 12.1. The van der Waals surface area contributed by atoms with Gasteiger partial charge in [0.2, 0.25) is 0 Å². The Morgan fingerprint density at radius 1 is 1.00 bits per heavy atom. The van der Waals surface area contributed by atoms with Crippen molar-refractivity contribution in [1.82, 2.24) is 4.57 Å². The van der Waals surface area contributed by atoms with Crippen LogP contribution >= 0.6 is 11.6 Å². The molecule has 0 N–H and O–H groups in total. The van der Waals surface area contributed by atoms with Gasteiger partial charge in [-0.3, -0.25) is 0 Å². The molecule has 0 radical (unpaired) electrons. The molecule has 0 amide bonds. The van der Waals surface area contributed by atoms with Gasteiger partial charge in [-0.15, -0.1) is 0 Å². The fourth-order valence-electron chi connectivity index (χ4n) is 2.54. The van der Waals surface area contributed by atoms with Crippen LogP contribution < -0.4 is 14.8 Å². The Morgan fingerprint density at radius 3 is 2.56 bits per heavy atom. The van der Waals surface area contributed by atoms with Crippen molar-refractivity contribution >= 4 is 28.7 Å². The highest BCUT2D eigenvalue weighted by atomic mass is 35.5. The number of rotatable bonds is 4. The van der Waals surface area contributed by atoms with E-state index in [1.165, 1.54) is 0 Å². The maximum absolute atomic E-state index is 6.08. The summed E-state index contributed by atoms with van der Waals surface area (Å²) in [4.78, 5) is 0. The van der Waals surface area contributed by atoms with Gasteiger partial charge < -0.3 is 14.0 Å². The molecule has 0 spiro atoms. The lowest BCUT2D eigenvalue weighted by atomic mass is 10.2. The lowest BCUT2D eigenvalue weighted by molar-refractivity contribution is 0.355. The van der Waals surface area contributed by atoms with Gasteiger partial charge >= 0.3 is 0 Å². The Bertz CT molecular complexity index is 1010. The zero-order chi connectivity index (χ0) is 17.8. The van der Waals surface area contributed by atoms with Crippen molar-refractivity contribution < 1.29 is 9.47 Å². The van der Waals surface area contributed by atoms with Crippen LogP contribution in [0, 0.1) is 0 Å². The van der Waals surface area contributed by atoms with Gasteiger partial charge in [-0.25, -0.2) is 0 Å². The monoisotopic (exact) mass is 355 g/mol. The van der Waals surface area contributed by atoms with E-state index in [-0.39, 0.29) is 0 Å². The maximum atomic E-state index is 6.08. The van der Waals surface area contributed by atoms with Gasteiger partial charge in [-0.05, 0) is 48.0 Å². The Balaban J connectivity index is 1.98. The number of aryl methyl sites for hydroxylation is 1. The van der Waals surface area contributed by atoms with Crippen molar-refractivity contribution in [1.29, 1.82) is 0 Å². The van der Waals surface area contributed by atoms with Crippen LogP contribution in [0.1, 0.15) is 5.56 Å². The molecular weight excluding hydrogens is 338 g/mol. The van der Waals surface area contributed by atoms with E-state index in [1.54, 1.807) is 20.4 Å². The van der Waals surface area contributed by atoms with Crippen LogP contribution in [0.2, 0.25) is 5.02 Å². The number of benzene rings is 2. The van der Waals surface area contributed by atoms with Crippen molar-refractivity contribution in [2.75, 3.05) is 14.2 Å².